The molecule has 0 saturated heterocycles. The summed E-state index contributed by atoms with van der Waals surface area (Å²) in [6, 6.07) is 12.3. The number of carbonyl (C=O) groups excluding carboxylic acids is 2. The third-order valence-corrected chi connectivity index (χ3v) is 4.34. The van der Waals surface area contributed by atoms with Crippen LogP contribution in [0.1, 0.15) is 34.8 Å². The Morgan fingerprint density at radius 3 is 2.41 bits per heavy atom. The summed E-state index contributed by atoms with van der Waals surface area (Å²) >= 11 is 0. The lowest BCUT2D eigenvalue weighted by molar-refractivity contribution is -0.144. The third kappa shape index (κ3) is 7.26. The number of esters is 1. The molecular weight excluding hydrogens is 423 g/mol. The Hall–Kier alpha value is -3.62. The van der Waals surface area contributed by atoms with Gasteiger partial charge in [0.1, 0.15) is 12.4 Å². The van der Waals surface area contributed by atoms with Crippen LogP contribution >= 0.6 is 0 Å². The summed E-state index contributed by atoms with van der Waals surface area (Å²) in [6.45, 7) is 1.98. The van der Waals surface area contributed by atoms with Crippen LogP contribution in [0.2, 0.25) is 0 Å². The number of halogens is 3. The molecule has 0 bridgehead atoms. The van der Waals surface area contributed by atoms with Crippen molar-refractivity contribution in [3.63, 3.8) is 0 Å². The van der Waals surface area contributed by atoms with Crippen LogP contribution in [0.15, 0.2) is 54.1 Å². The molecule has 0 unspecified atom stereocenters. The SMILES string of the molecule is CCN/C(=C(\C=N)C(F)F)c1cc(F)cc(C(=O)NCCC(=O)OCc2ccccc2)c1. The molecule has 0 aromatic heterocycles. The Balaban J connectivity index is 2.03. The summed E-state index contributed by atoms with van der Waals surface area (Å²) in [7, 11) is 0. The molecule has 0 aliphatic rings. The number of allylic oxidation sites excluding steroid dienone is 1. The number of hydrogen-bond acceptors (Lipinski definition) is 5. The fourth-order valence-corrected chi connectivity index (χ4v) is 2.85. The molecule has 2 aromatic carbocycles. The number of amides is 1. The summed E-state index contributed by atoms with van der Waals surface area (Å²) in [5.41, 5.74) is -0.0138. The van der Waals surface area contributed by atoms with Gasteiger partial charge in [-0.15, -0.1) is 0 Å². The molecule has 170 valence electrons. The summed E-state index contributed by atoms with van der Waals surface area (Å²) in [4.78, 5) is 24.2. The van der Waals surface area contributed by atoms with E-state index in [1.807, 2.05) is 30.3 Å². The van der Waals surface area contributed by atoms with Gasteiger partial charge in [-0.1, -0.05) is 30.3 Å². The fourth-order valence-electron chi connectivity index (χ4n) is 2.85. The van der Waals surface area contributed by atoms with Gasteiger partial charge in [-0.2, -0.15) is 0 Å². The zero-order chi connectivity index (χ0) is 23.5. The maximum absolute atomic E-state index is 14.1. The number of ether oxygens (including phenoxy) is 1. The molecule has 32 heavy (non-hydrogen) atoms. The normalized spacial score (nSPS) is 11.5. The Morgan fingerprint density at radius 1 is 1.09 bits per heavy atom. The molecule has 0 radical (unpaired) electrons. The van der Waals surface area contributed by atoms with Crippen molar-refractivity contribution in [3.8, 4) is 0 Å². The van der Waals surface area contributed by atoms with E-state index in [4.69, 9.17) is 10.1 Å². The highest BCUT2D eigenvalue weighted by Crippen LogP contribution is 2.22. The van der Waals surface area contributed by atoms with E-state index in [0.29, 0.717) is 6.21 Å². The number of alkyl halides is 2. The molecule has 0 atom stereocenters. The van der Waals surface area contributed by atoms with Gasteiger partial charge in [0, 0.05) is 30.4 Å². The monoisotopic (exact) mass is 447 g/mol. The minimum Gasteiger partial charge on any atom is -0.461 e. The lowest BCUT2D eigenvalue weighted by Crippen LogP contribution is -2.27. The third-order valence-electron chi connectivity index (χ3n) is 4.34. The van der Waals surface area contributed by atoms with E-state index in [-0.39, 0.29) is 42.9 Å². The molecular formula is C23H24F3N3O3. The van der Waals surface area contributed by atoms with E-state index in [1.165, 1.54) is 6.07 Å². The van der Waals surface area contributed by atoms with Crippen LogP contribution in [-0.2, 0) is 16.1 Å². The highest BCUT2D eigenvalue weighted by Gasteiger charge is 2.18. The summed E-state index contributed by atoms with van der Waals surface area (Å²) in [5.74, 6) is -1.99. The van der Waals surface area contributed by atoms with Gasteiger partial charge in [0.15, 0.2) is 0 Å². The summed E-state index contributed by atoms with van der Waals surface area (Å²) in [6.07, 6.45) is -2.55. The first kappa shape index (κ1) is 24.6. The van der Waals surface area contributed by atoms with Gasteiger partial charge in [0.25, 0.3) is 12.3 Å². The van der Waals surface area contributed by atoms with Gasteiger partial charge in [-0.05, 0) is 30.7 Å². The first-order valence-electron chi connectivity index (χ1n) is 9.91. The number of carbonyl (C=O) groups is 2. The van der Waals surface area contributed by atoms with Crippen molar-refractivity contribution in [2.45, 2.75) is 26.4 Å². The maximum Gasteiger partial charge on any atom is 0.307 e. The van der Waals surface area contributed by atoms with Crippen molar-refractivity contribution in [2.24, 2.45) is 0 Å². The van der Waals surface area contributed by atoms with Gasteiger partial charge in [-0.3, -0.25) is 9.59 Å². The van der Waals surface area contributed by atoms with Crippen LogP contribution < -0.4 is 10.6 Å². The standard InChI is InChI=1S/C23H24F3N3O3/c1-2-28-21(19(13-27)22(25)26)16-10-17(12-18(24)11-16)23(31)29-9-8-20(30)32-14-15-6-4-3-5-7-15/h3-7,10-13,22,27-28H,2,8-9,14H2,1H3,(H,29,31)/b21-19+,27-13?. The van der Waals surface area contributed by atoms with E-state index in [0.717, 1.165) is 17.7 Å². The number of nitrogens with one attached hydrogen (secondary N) is 3. The average Bonchev–Trinajstić information content (AvgIpc) is 2.77. The average molecular weight is 447 g/mol. The predicted molar refractivity (Wildman–Crippen MR) is 115 cm³/mol. The molecule has 9 heteroatoms. The van der Waals surface area contributed by atoms with Gasteiger partial charge >= 0.3 is 5.97 Å². The van der Waals surface area contributed by atoms with E-state index in [2.05, 4.69) is 10.6 Å². The topological polar surface area (TPSA) is 91.3 Å². The lowest BCUT2D eigenvalue weighted by Gasteiger charge is -2.15. The second kappa shape index (κ2) is 12.3. The molecule has 2 rings (SSSR count). The van der Waals surface area contributed by atoms with Crippen molar-refractivity contribution in [2.75, 3.05) is 13.1 Å². The number of hydrogen-bond donors (Lipinski definition) is 3. The summed E-state index contributed by atoms with van der Waals surface area (Å²) < 4.78 is 45.8. The Kier molecular flexibility index (Phi) is 9.46. The zero-order valence-electron chi connectivity index (χ0n) is 17.5. The lowest BCUT2D eigenvalue weighted by atomic mass is 10.0. The molecule has 0 heterocycles. The highest BCUT2D eigenvalue weighted by atomic mass is 19.3. The minimum absolute atomic E-state index is 0.0121. The van der Waals surface area contributed by atoms with Crippen molar-refractivity contribution < 1.29 is 27.5 Å². The van der Waals surface area contributed by atoms with Gasteiger partial charge < -0.3 is 20.8 Å². The van der Waals surface area contributed by atoms with E-state index >= 15 is 0 Å². The van der Waals surface area contributed by atoms with Crippen molar-refractivity contribution >= 4 is 23.8 Å². The van der Waals surface area contributed by atoms with Crippen LogP contribution in [0.25, 0.3) is 5.70 Å². The van der Waals surface area contributed by atoms with Crippen LogP contribution in [-0.4, -0.2) is 37.6 Å². The number of rotatable bonds is 11. The minimum atomic E-state index is -2.95. The van der Waals surface area contributed by atoms with Crippen molar-refractivity contribution in [1.82, 2.24) is 10.6 Å². The highest BCUT2D eigenvalue weighted by molar-refractivity contribution is 5.96. The molecule has 6 nitrogen and oxygen atoms in total. The predicted octanol–water partition coefficient (Wildman–Crippen LogP) is 3.92. The second-order valence-corrected chi connectivity index (χ2v) is 6.69. The Labute approximate surface area is 184 Å². The first-order valence-corrected chi connectivity index (χ1v) is 9.91. The Morgan fingerprint density at radius 2 is 1.78 bits per heavy atom. The quantitative estimate of drug-likeness (QED) is 0.360. The van der Waals surface area contributed by atoms with E-state index in [1.54, 1.807) is 6.92 Å². The van der Waals surface area contributed by atoms with Crippen molar-refractivity contribution in [3.05, 3.63) is 76.6 Å². The van der Waals surface area contributed by atoms with Crippen LogP contribution in [0.4, 0.5) is 13.2 Å². The summed E-state index contributed by atoms with van der Waals surface area (Å²) in [5, 5.41) is 12.4. The molecule has 2 aromatic rings. The number of benzene rings is 2. The second-order valence-electron chi connectivity index (χ2n) is 6.69. The molecule has 0 aliphatic carbocycles. The largest absolute Gasteiger partial charge is 0.461 e. The van der Waals surface area contributed by atoms with Gasteiger partial charge in [0.05, 0.1) is 17.7 Å². The molecule has 0 spiro atoms. The fraction of sp³-hybridized carbons (Fsp3) is 0.261. The molecule has 1 amide bonds. The van der Waals surface area contributed by atoms with Crippen molar-refractivity contribution in [1.29, 1.82) is 5.41 Å². The van der Waals surface area contributed by atoms with Crippen LogP contribution in [0, 0.1) is 11.2 Å². The van der Waals surface area contributed by atoms with Crippen LogP contribution in [0.5, 0.6) is 0 Å². The molecule has 3 N–H and O–H groups in total. The molecule has 0 saturated carbocycles. The molecule has 0 aliphatic heterocycles. The Bertz CT molecular complexity index is 979. The van der Waals surface area contributed by atoms with Gasteiger partial charge in [0.2, 0.25) is 0 Å². The first-order chi connectivity index (χ1) is 15.3. The van der Waals surface area contributed by atoms with E-state index < -0.39 is 29.7 Å². The zero-order valence-corrected chi connectivity index (χ0v) is 17.5. The molecule has 0 fully saturated rings. The van der Waals surface area contributed by atoms with Gasteiger partial charge in [-0.25, -0.2) is 13.2 Å². The van der Waals surface area contributed by atoms with E-state index in [9.17, 15) is 22.8 Å². The van der Waals surface area contributed by atoms with Crippen LogP contribution in [0.3, 0.4) is 0 Å². The maximum atomic E-state index is 14.1. The smallest absolute Gasteiger partial charge is 0.307 e.